The molecule has 1 spiro atoms. The molecule has 0 aromatic heterocycles. The number of hydrogen-bond acceptors (Lipinski definition) is 3. The minimum absolute atomic E-state index is 0.0364. The molecule has 0 amide bonds. The van der Waals surface area contributed by atoms with Crippen molar-refractivity contribution in [2.75, 3.05) is 26.2 Å². The van der Waals surface area contributed by atoms with Crippen molar-refractivity contribution in [3.8, 4) is 0 Å². The molecule has 4 aromatic carbocycles. The Labute approximate surface area is 229 Å². The lowest BCUT2D eigenvalue weighted by Gasteiger charge is -2.39. The van der Waals surface area contributed by atoms with Crippen molar-refractivity contribution in [1.82, 2.24) is 4.90 Å². The number of aryl methyl sites for hydroxylation is 1. The highest BCUT2D eigenvalue weighted by molar-refractivity contribution is 5.35. The van der Waals surface area contributed by atoms with Crippen LogP contribution in [0, 0.1) is 6.92 Å². The fourth-order valence-electron chi connectivity index (χ4n) is 5.03. The highest BCUT2D eigenvalue weighted by atomic mass is 16.5. The second-order valence-electron chi connectivity index (χ2n) is 10.0. The first-order valence-electron chi connectivity index (χ1n) is 13.8. The van der Waals surface area contributed by atoms with Crippen LogP contribution in [0.1, 0.15) is 48.1 Å². The van der Waals surface area contributed by atoms with E-state index in [0.717, 1.165) is 45.7 Å². The average Bonchev–Trinajstić information content (AvgIpc) is 3.34. The molecule has 0 aliphatic carbocycles. The van der Waals surface area contributed by atoms with Crippen LogP contribution in [0.15, 0.2) is 121 Å². The molecule has 4 aromatic rings. The summed E-state index contributed by atoms with van der Waals surface area (Å²) in [7, 11) is 0. The Morgan fingerprint density at radius 1 is 0.737 bits per heavy atom. The molecule has 3 nitrogen and oxygen atoms in total. The molecule has 1 unspecified atom stereocenters. The van der Waals surface area contributed by atoms with Gasteiger partial charge in [-0.15, -0.1) is 0 Å². The van der Waals surface area contributed by atoms with Crippen LogP contribution in [0.5, 0.6) is 0 Å². The molecule has 2 aliphatic rings. The molecule has 38 heavy (non-hydrogen) atoms. The molecule has 2 heterocycles. The van der Waals surface area contributed by atoms with Crippen molar-refractivity contribution in [3.05, 3.63) is 144 Å². The van der Waals surface area contributed by atoms with Gasteiger partial charge in [-0.1, -0.05) is 127 Å². The number of piperidine rings is 1. The Bertz CT molecular complexity index is 1150. The van der Waals surface area contributed by atoms with E-state index < -0.39 is 0 Å². The number of likely N-dealkylation sites (tertiary alicyclic amines) is 1. The first kappa shape index (κ1) is 27.8. The average molecular weight is 508 g/mol. The maximum Gasteiger partial charge on any atom is 0.0963 e. The zero-order valence-corrected chi connectivity index (χ0v) is 22.8. The van der Waals surface area contributed by atoms with Gasteiger partial charge in [-0.05, 0) is 43.4 Å². The van der Waals surface area contributed by atoms with Gasteiger partial charge in [-0.3, -0.25) is 0 Å². The van der Waals surface area contributed by atoms with E-state index in [1.54, 1.807) is 0 Å². The summed E-state index contributed by atoms with van der Waals surface area (Å²) >= 11 is 0. The number of fused-ring (bicyclic) bond motifs is 2. The van der Waals surface area contributed by atoms with Gasteiger partial charge >= 0.3 is 0 Å². The van der Waals surface area contributed by atoms with Gasteiger partial charge in [0.2, 0.25) is 0 Å². The molecule has 2 aliphatic heterocycles. The van der Waals surface area contributed by atoms with Gasteiger partial charge in [0.15, 0.2) is 0 Å². The smallest absolute Gasteiger partial charge is 0.0963 e. The molecule has 0 saturated carbocycles. The molecular weight excluding hydrogens is 466 g/mol. The zero-order valence-electron chi connectivity index (χ0n) is 22.8. The van der Waals surface area contributed by atoms with Gasteiger partial charge in [-0.25, -0.2) is 0 Å². The van der Waals surface area contributed by atoms with Gasteiger partial charge in [0.05, 0.1) is 24.9 Å². The van der Waals surface area contributed by atoms with Crippen LogP contribution in [-0.2, 0) is 21.7 Å². The fraction of sp³-hybridized carbons (Fsp3) is 0.314. The van der Waals surface area contributed by atoms with Gasteiger partial charge in [0, 0.05) is 19.6 Å². The molecule has 0 radical (unpaired) electrons. The molecule has 1 fully saturated rings. The van der Waals surface area contributed by atoms with Crippen molar-refractivity contribution in [2.45, 2.75) is 45.0 Å². The normalized spacial score (nSPS) is 16.4. The Hall–Kier alpha value is -3.24. The fourth-order valence-corrected chi connectivity index (χ4v) is 5.03. The van der Waals surface area contributed by atoms with E-state index in [-0.39, 0.29) is 11.7 Å². The van der Waals surface area contributed by atoms with Crippen molar-refractivity contribution in [2.24, 2.45) is 0 Å². The van der Waals surface area contributed by atoms with Gasteiger partial charge in [-0.2, -0.15) is 0 Å². The lowest BCUT2D eigenvalue weighted by molar-refractivity contribution is -0.0821. The summed E-state index contributed by atoms with van der Waals surface area (Å²) in [5.74, 6) is 0. The molecular formula is C35H41NO2. The number of hydrogen-bond donors (Lipinski definition) is 0. The van der Waals surface area contributed by atoms with Crippen molar-refractivity contribution in [1.29, 1.82) is 0 Å². The van der Waals surface area contributed by atoms with Crippen molar-refractivity contribution < 1.29 is 9.47 Å². The van der Waals surface area contributed by atoms with Crippen LogP contribution in [0.4, 0.5) is 0 Å². The van der Waals surface area contributed by atoms with Gasteiger partial charge in [0.1, 0.15) is 0 Å². The van der Waals surface area contributed by atoms with E-state index in [2.05, 4.69) is 79.4 Å². The predicted octanol–water partition coefficient (Wildman–Crippen LogP) is 7.97. The second kappa shape index (κ2) is 14.6. The predicted molar refractivity (Wildman–Crippen MR) is 157 cm³/mol. The monoisotopic (exact) mass is 507 g/mol. The standard InChI is InChI=1S/C22H27NO2.C7H8.C6H6/c1-18(19-7-3-2-4-8-19)24-16-15-23-13-11-22(12-14-23)21-10-6-5-9-20(21)17-25-22;1-7-5-3-2-4-6-7;1-2-4-6-5-3-1/h2-10,18H,11-17H2,1H3;2-6H,1H3;1-6H. The first-order valence-corrected chi connectivity index (χ1v) is 13.8. The van der Waals surface area contributed by atoms with E-state index >= 15 is 0 Å². The maximum absolute atomic E-state index is 6.24. The second-order valence-corrected chi connectivity index (χ2v) is 10.0. The highest BCUT2D eigenvalue weighted by Crippen LogP contribution is 2.43. The molecule has 198 valence electrons. The number of benzene rings is 4. The van der Waals surface area contributed by atoms with E-state index in [0.29, 0.717) is 0 Å². The van der Waals surface area contributed by atoms with Crippen LogP contribution in [0.3, 0.4) is 0 Å². The van der Waals surface area contributed by atoms with Crippen LogP contribution in [0.25, 0.3) is 0 Å². The van der Waals surface area contributed by atoms with E-state index in [1.165, 1.54) is 22.3 Å². The molecule has 0 N–H and O–H groups in total. The van der Waals surface area contributed by atoms with Crippen LogP contribution >= 0.6 is 0 Å². The van der Waals surface area contributed by atoms with Crippen molar-refractivity contribution >= 4 is 0 Å². The first-order chi connectivity index (χ1) is 18.7. The van der Waals surface area contributed by atoms with E-state index in [4.69, 9.17) is 9.47 Å². The van der Waals surface area contributed by atoms with Crippen LogP contribution in [-0.4, -0.2) is 31.1 Å². The lowest BCUT2D eigenvalue weighted by Crippen LogP contribution is -2.43. The zero-order chi connectivity index (χ0) is 26.5. The largest absolute Gasteiger partial charge is 0.372 e. The van der Waals surface area contributed by atoms with E-state index in [9.17, 15) is 0 Å². The summed E-state index contributed by atoms with van der Waals surface area (Å²) in [4.78, 5) is 2.51. The van der Waals surface area contributed by atoms with Crippen molar-refractivity contribution in [3.63, 3.8) is 0 Å². The Kier molecular flexibility index (Phi) is 10.7. The minimum Gasteiger partial charge on any atom is -0.372 e. The summed E-state index contributed by atoms with van der Waals surface area (Å²) in [6.45, 7) is 8.92. The molecule has 6 rings (SSSR count). The van der Waals surface area contributed by atoms with E-state index in [1.807, 2.05) is 60.7 Å². The number of ether oxygens (including phenoxy) is 2. The summed E-state index contributed by atoms with van der Waals surface area (Å²) < 4.78 is 12.3. The summed E-state index contributed by atoms with van der Waals surface area (Å²) in [5.41, 5.74) is 5.32. The Balaban J connectivity index is 0.000000211. The lowest BCUT2D eigenvalue weighted by atomic mass is 9.84. The van der Waals surface area contributed by atoms with Crippen LogP contribution in [0.2, 0.25) is 0 Å². The van der Waals surface area contributed by atoms with Gasteiger partial charge in [0.25, 0.3) is 0 Å². The number of nitrogens with zero attached hydrogens (tertiary/aromatic N) is 1. The third-order valence-electron chi connectivity index (χ3n) is 7.33. The Morgan fingerprint density at radius 3 is 1.84 bits per heavy atom. The topological polar surface area (TPSA) is 21.7 Å². The summed E-state index contributed by atoms with van der Waals surface area (Å²) in [6, 6.07) is 41.4. The molecule has 1 saturated heterocycles. The summed E-state index contributed by atoms with van der Waals surface area (Å²) in [5, 5.41) is 0. The number of rotatable bonds is 5. The Morgan fingerprint density at radius 2 is 1.26 bits per heavy atom. The SMILES string of the molecule is CC(OCCN1CCC2(CC1)OCc1ccccc12)c1ccccc1.Cc1ccccc1.c1ccccc1. The molecule has 0 bridgehead atoms. The van der Waals surface area contributed by atoms with Crippen LogP contribution < -0.4 is 0 Å². The highest BCUT2D eigenvalue weighted by Gasteiger charge is 2.42. The molecule has 1 atom stereocenters. The summed E-state index contributed by atoms with van der Waals surface area (Å²) in [6.07, 6.45) is 2.32. The quantitative estimate of drug-likeness (QED) is 0.273. The third kappa shape index (κ3) is 8.13. The molecule has 3 heteroatoms. The third-order valence-corrected chi connectivity index (χ3v) is 7.33. The maximum atomic E-state index is 6.24. The van der Waals surface area contributed by atoms with Gasteiger partial charge < -0.3 is 14.4 Å². The minimum atomic E-state index is -0.0364.